The van der Waals surface area contributed by atoms with E-state index in [0.717, 1.165) is 0 Å². The number of fused-ring (bicyclic) bond motifs is 1. The molecule has 0 radical (unpaired) electrons. The van der Waals surface area contributed by atoms with Crippen LogP contribution in [0.1, 0.15) is 21.9 Å². The molecular weight excluding hydrogens is 359 g/mol. The van der Waals surface area contributed by atoms with Crippen LogP contribution in [0.5, 0.6) is 0 Å². The van der Waals surface area contributed by atoms with Crippen LogP contribution in [-0.2, 0) is 6.18 Å². The zero-order valence-electron chi connectivity index (χ0n) is 13.9. The van der Waals surface area contributed by atoms with Gasteiger partial charge in [0.1, 0.15) is 0 Å². The second-order valence-electron chi connectivity index (χ2n) is 5.91. The number of aromatic amines is 1. The SMILES string of the molecule is Cc1cc(-c2cccc3[nH]c(C(F)(F)F)nc23)nn1C(=O)c1ccncc1. The van der Waals surface area contributed by atoms with Crippen molar-refractivity contribution in [3.63, 3.8) is 0 Å². The molecule has 6 nitrogen and oxygen atoms in total. The number of aromatic nitrogens is 5. The summed E-state index contributed by atoms with van der Waals surface area (Å²) in [5.74, 6) is -1.43. The number of carbonyl (C=O) groups excluding carboxylic acids is 1. The van der Waals surface area contributed by atoms with Crippen LogP contribution in [-0.4, -0.2) is 30.6 Å². The van der Waals surface area contributed by atoms with Crippen LogP contribution in [0.15, 0.2) is 48.8 Å². The summed E-state index contributed by atoms with van der Waals surface area (Å²) in [5.41, 5.74) is 2.11. The lowest BCUT2D eigenvalue weighted by atomic mass is 10.1. The van der Waals surface area contributed by atoms with Crippen LogP contribution in [0.4, 0.5) is 13.2 Å². The molecule has 0 fully saturated rings. The van der Waals surface area contributed by atoms with Crippen LogP contribution in [0.2, 0.25) is 0 Å². The Kier molecular flexibility index (Phi) is 3.79. The molecule has 0 amide bonds. The van der Waals surface area contributed by atoms with Gasteiger partial charge in [-0.25, -0.2) is 9.67 Å². The Morgan fingerprint density at radius 2 is 1.89 bits per heavy atom. The number of para-hydroxylation sites is 1. The van der Waals surface area contributed by atoms with E-state index in [2.05, 4.69) is 20.1 Å². The van der Waals surface area contributed by atoms with Crippen LogP contribution in [0.3, 0.4) is 0 Å². The Balaban J connectivity index is 1.81. The largest absolute Gasteiger partial charge is 0.449 e. The summed E-state index contributed by atoms with van der Waals surface area (Å²) >= 11 is 0. The van der Waals surface area contributed by atoms with Crippen molar-refractivity contribution >= 4 is 16.9 Å². The summed E-state index contributed by atoms with van der Waals surface area (Å²) in [6.45, 7) is 1.70. The Morgan fingerprint density at radius 1 is 1.15 bits per heavy atom. The number of halogens is 3. The maximum Gasteiger partial charge on any atom is 0.449 e. The van der Waals surface area contributed by atoms with E-state index < -0.39 is 12.0 Å². The van der Waals surface area contributed by atoms with Crippen molar-refractivity contribution in [1.29, 1.82) is 0 Å². The third-order valence-electron chi connectivity index (χ3n) is 4.06. The van der Waals surface area contributed by atoms with E-state index in [4.69, 9.17) is 0 Å². The van der Waals surface area contributed by atoms with Crippen LogP contribution in [0, 0.1) is 6.92 Å². The van der Waals surface area contributed by atoms with E-state index in [1.165, 1.54) is 23.1 Å². The molecule has 27 heavy (non-hydrogen) atoms. The summed E-state index contributed by atoms with van der Waals surface area (Å²) in [7, 11) is 0. The topological polar surface area (TPSA) is 76.5 Å². The lowest BCUT2D eigenvalue weighted by Crippen LogP contribution is -2.15. The molecule has 9 heteroatoms. The Bertz CT molecular complexity index is 1140. The van der Waals surface area contributed by atoms with Crippen molar-refractivity contribution in [3.05, 3.63) is 65.9 Å². The lowest BCUT2D eigenvalue weighted by molar-refractivity contribution is -0.144. The molecule has 0 bridgehead atoms. The number of pyridine rings is 1. The molecule has 0 spiro atoms. The minimum absolute atomic E-state index is 0.144. The first-order valence-electron chi connectivity index (χ1n) is 7.92. The number of aryl methyl sites for hydroxylation is 1. The second kappa shape index (κ2) is 6.04. The summed E-state index contributed by atoms with van der Waals surface area (Å²) in [6.07, 6.45) is -1.59. The van der Waals surface area contributed by atoms with Gasteiger partial charge in [-0.2, -0.15) is 18.3 Å². The van der Waals surface area contributed by atoms with Gasteiger partial charge < -0.3 is 4.98 Å². The number of hydrogen-bond donors (Lipinski definition) is 1. The smallest absolute Gasteiger partial charge is 0.334 e. The van der Waals surface area contributed by atoms with Crippen molar-refractivity contribution in [2.75, 3.05) is 0 Å². The van der Waals surface area contributed by atoms with Gasteiger partial charge in [-0.1, -0.05) is 12.1 Å². The Morgan fingerprint density at radius 3 is 2.59 bits per heavy atom. The van der Waals surface area contributed by atoms with E-state index in [1.807, 2.05) is 0 Å². The zero-order chi connectivity index (χ0) is 19.2. The van der Waals surface area contributed by atoms with Crippen LogP contribution < -0.4 is 0 Å². The van der Waals surface area contributed by atoms with Gasteiger partial charge >= 0.3 is 6.18 Å². The fourth-order valence-corrected chi connectivity index (χ4v) is 2.80. The van der Waals surface area contributed by atoms with Crippen molar-refractivity contribution in [3.8, 4) is 11.3 Å². The lowest BCUT2D eigenvalue weighted by Gasteiger charge is -2.02. The molecule has 1 aromatic carbocycles. The fraction of sp³-hybridized carbons (Fsp3) is 0.111. The predicted octanol–water partition coefficient (Wildman–Crippen LogP) is 3.84. The summed E-state index contributed by atoms with van der Waals surface area (Å²) in [5, 5.41) is 4.29. The normalized spacial score (nSPS) is 11.9. The molecule has 0 saturated carbocycles. The van der Waals surface area contributed by atoms with E-state index in [1.54, 1.807) is 37.3 Å². The number of imidazole rings is 1. The Hall–Kier alpha value is -3.49. The van der Waals surface area contributed by atoms with E-state index in [-0.39, 0.29) is 16.9 Å². The molecule has 0 aliphatic heterocycles. The number of carbonyl (C=O) groups is 1. The number of H-pyrrole nitrogens is 1. The van der Waals surface area contributed by atoms with Gasteiger partial charge in [0.2, 0.25) is 5.82 Å². The first kappa shape index (κ1) is 17.0. The first-order valence-corrected chi connectivity index (χ1v) is 7.92. The van der Waals surface area contributed by atoms with Gasteiger partial charge in [0.25, 0.3) is 5.91 Å². The van der Waals surface area contributed by atoms with Crippen LogP contribution >= 0.6 is 0 Å². The highest BCUT2D eigenvalue weighted by Gasteiger charge is 2.35. The maximum absolute atomic E-state index is 13.0. The molecular formula is C18H12F3N5O. The van der Waals surface area contributed by atoms with Gasteiger partial charge in [-0.15, -0.1) is 0 Å². The van der Waals surface area contributed by atoms with Crippen molar-refractivity contribution in [2.24, 2.45) is 0 Å². The summed E-state index contributed by atoms with van der Waals surface area (Å²) < 4.78 is 40.1. The van der Waals surface area contributed by atoms with E-state index in [9.17, 15) is 18.0 Å². The van der Waals surface area contributed by atoms with Crippen LogP contribution in [0.25, 0.3) is 22.3 Å². The number of rotatable bonds is 2. The molecule has 0 aliphatic rings. The first-order chi connectivity index (χ1) is 12.8. The quantitative estimate of drug-likeness (QED) is 0.581. The van der Waals surface area contributed by atoms with Gasteiger partial charge in [-0.3, -0.25) is 9.78 Å². The molecule has 136 valence electrons. The zero-order valence-corrected chi connectivity index (χ0v) is 13.9. The van der Waals surface area contributed by atoms with E-state index >= 15 is 0 Å². The van der Waals surface area contributed by atoms with Gasteiger partial charge in [-0.05, 0) is 31.2 Å². The Labute approximate surface area is 150 Å². The average Bonchev–Trinajstić information content (AvgIpc) is 3.25. The highest BCUT2D eigenvalue weighted by molar-refractivity contribution is 5.97. The molecule has 0 atom stereocenters. The molecule has 0 saturated heterocycles. The molecule has 4 aromatic rings. The highest BCUT2D eigenvalue weighted by Crippen LogP contribution is 2.32. The minimum atomic E-state index is -4.58. The molecule has 0 aliphatic carbocycles. The van der Waals surface area contributed by atoms with Gasteiger partial charge in [0.15, 0.2) is 0 Å². The van der Waals surface area contributed by atoms with E-state index in [0.29, 0.717) is 22.5 Å². The van der Waals surface area contributed by atoms with Crippen molar-refractivity contribution < 1.29 is 18.0 Å². The number of nitrogens with one attached hydrogen (secondary N) is 1. The number of nitrogens with zero attached hydrogens (tertiary/aromatic N) is 4. The number of hydrogen-bond acceptors (Lipinski definition) is 4. The summed E-state index contributed by atoms with van der Waals surface area (Å²) in [4.78, 5) is 22.4. The van der Waals surface area contributed by atoms with Crippen molar-refractivity contribution in [1.82, 2.24) is 24.7 Å². The maximum atomic E-state index is 13.0. The number of benzene rings is 1. The monoisotopic (exact) mass is 371 g/mol. The average molecular weight is 371 g/mol. The predicted molar refractivity (Wildman–Crippen MR) is 91.0 cm³/mol. The highest BCUT2D eigenvalue weighted by atomic mass is 19.4. The second-order valence-corrected chi connectivity index (χ2v) is 5.91. The molecule has 3 aromatic heterocycles. The number of alkyl halides is 3. The summed E-state index contributed by atoms with van der Waals surface area (Å²) in [6, 6.07) is 9.49. The standard InChI is InChI=1S/C18H12F3N5O/c1-10-9-14(25-26(10)16(27)11-5-7-22-8-6-11)12-3-2-4-13-15(12)24-17(23-13)18(19,20)21/h2-9H,1H3,(H,23,24). The molecule has 1 N–H and O–H groups in total. The molecule has 3 heterocycles. The molecule has 0 unspecified atom stereocenters. The van der Waals surface area contributed by atoms with Crippen molar-refractivity contribution in [2.45, 2.75) is 13.1 Å². The minimum Gasteiger partial charge on any atom is -0.334 e. The van der Waals surface area contributed by atoms with Gasteiger partial charge in [0.05, 0.1) is 16.7 Å². The van der Waals surface area contributed by atoms with Gasteiger partial charge in [0, 0.05) is 29.2 Å². The fourth-order valence-electron chi connectivity index (χ4n) is 2.80. The third kappa shape index (κ3) is 2.97. The third-order valence-corrected chi connectivity index (χ3v) is 4.06. The molecule has 4 rings (SSSR count).